The molecule has 2 aliphatic rings. The van der Waals surface area contributed by atoms with E-state index in [1.807, 2.05) is 12.1 Å². The minimum atomic E-state index is -3.44. The van der Waals surface area contributed by atoms with E-state index in [4.69, 9.17) is 0 Å². The van der Waals surface area contributed by atoms with Crippen molar-refractivity contribution in [2.24, 2.45) is 0 Å². The quantitative estimate of drug-likeness (QED) is 0.855. The van der Waals surface area contributed by atoms with Crippen molar-refractivity contribution < 1.29 is 13.7 Å². The van der Waals surface area contributed by atoms with Gasteiger partial charge in [-0.25, -0.2) is 8.42 Å². The molecule has 0 aromatic heterocycles. The highest BCUT2D eigenvalue weighted by Gasteiger charge is 2.46. The lowest BCUT2D eigenvalue weighted by Crippen LogP contribution is -2.93. The minimum absolute atomic E-state index is 0.0285. The van der Waals surface area contributed by atoms with Crippen LogP contribution in [0.25, 0.3) is 0 Å². The van der Waals surface area contributed by atoms with Gasteiger partial charge in [0.15, 0.2) is 0 Å². The summed E-state index contributed by atoms with van der Waals surface area (Å²) >= 11 is 0. The first-order chi connectivity index (χ1) is 12.1. The molecule has 26 heavy (non-hydrogen) atoms. The Balaban J connectivity index is 1.78. The van der Waals surface area contributed by atoms with Gasteiger partial charge >= 0.3 is 0 Å². The van der Waals surface area contributed by atoms with Crippen LogP contribution in [0.1, 0.15) is 71.8 Å². The molecular formula is C21H35N2O2S+. The lowest BCUT2D eigenvalue weighted by molar-refractivity contribution is -0.695. The average Bonchev–Trinajstić information content (AvgIpc) is 3.22. The van der Waals surface area contributed by atoms with Gasteiger partial charge in [-0.1, -0.05) is 32.9 Å². The van der Waals surface area contributed by atoms with E-state index in [2.05, 4.69) is 33.0 Å². The van der Waals surface area contributed by atoms with E-state index in [0.717, 1.165) is 24.9 Å². The van der Waals surface area contributed by atoms with Crippen LogP contribution < -0.4 is 5.32 Å². The van der Waals surface area contributed by atoms with Gasteiger partial charge in [-0.3, -0.25) is 0 Å². The Labute approximate surface area is 159 Å². The molecule has 1 aliphatic heterocycles. The van der Waals surface area contributed by atoms with Crippen LogP contribution in [0.4, 0.5) is 0 Å². The molecule has 1 aromatic carbocycles. The Morgan fingerprint density at radius 1 is 1.12 bits per heavy atom. The summed E-state index contributed by atoms with van der Waals surface area (Å²) in [5.74, 6) is 0. The second kappa shape index (κ2) is 7.25. The molecule has 2 N–H and O–H groups in total. The van der Waals surface area contributed by atoms with Crippen molar-refractivity contribution in [1.29, 1.82) is 0 Å². The van der Waals surface area contributed by atoms with Gasteiger partial charge in [0.25, 0.3) is 0 Å². The van der Waals surface area contributed by atoms with Gasteiger partial charge in [0.05, 0.1) is 23.0 Å². The number of hydrogen-bond acceptors (Lipinski definition) is 2. The van der Waals surface area contributed by atoms with Crippen LogP contribution in [0, 0.1) is 0 Å². The van der Waals surface area contributed by atoms with Crippen LogP contribution in [-0.2, 0) is 15.4 Å². The van der Waals surface area contributed by atoms with Gasteiger partial charge in [0.1, 0.15) is 0 Å². The van der Waals surface area contributed by atoms with E-state index < -0.39 is 10.0 Å². The average molecular weight is 380 g/mol. The maximum atomic E-state index is 13.3. The van der Waals surface area contributed by atoms with Gasteiger partial charge in [-0.2, -0.15) is 4.31 Å². The van der Waals surface area contributed by atoms with E-state index in [9.17, 15) is 8.42 Å². The van der Waals surface area contributed by atoms with Crippen molar-refractivity contribution in [3.8, 4) is 0 Å². The molecule has 1 atom stereocenters. The standard InChI is InChI=1S/C21H34N2O2S/c1-20(2,3)17-10-12-19(13-11-17)26(24,25)23-15-7-14-21(23,4)16-22-18-8-5-6-9-18/h10-13,18,22H,5-9,14-16H2,1-4H3/p+1. The van der Waals surface area contributed by atoms with Gasteiger partial charge < -0.3 is 5.32 Å². The van der Waals surface area contributed by atoms with Crippen molar-refractivity contribution in [2.45, 2.75) is 88.1 Å². The van der Waals surface area contributed by atoms with Crippen LogP contribution >= 0.6 is 0 Å². The summed E-state index contributed by atoms with van der Waals surface area (Å²) in [4.78, 5) is 0.430. The second-order valence-corrected chi connectivity index (χ2v) is 11.3. The Morgan fingerprint density at radius 2 is 1.73 bits per heavy atom. The second-order valence-electron chi connectivity index (χ2n) is 9.44. The van der Waals surface area contributed by atoms with Gasteiger partial charge in [0.2, 0.25) is 10.0 Å². The number of hydrogen-bond donors (Lipinski definition) is 1. The normalized spacial score (nSPS) is 25.8. The van der Waals surface area contributed by atoms with Crippen LogP contribution in [0.5, 0.6) is 0 Å². The number of nitrogens with two attached hydrogens (primary N) is 1. The van der Waals surface area contributed by atoms with Gasteiger partial charge in [-0.05, 0) is 68.6 Å². The van der Waals surface area contributed by atoms with Crippen molar-refractivity contribution in [1.82, 2.24) is 4.31 Å². The Kier molecular flexibility index (Phi) is 5.53. The highest BCUT2D eigenvalue weighted by molar-refractivity contribution is 7.89. The number of sulfonamides is 1. The number of quaternary nitrogens is 1. The molecule has 1 unspecified atom stereocenters. The fourth-order valence-electron chi connectivity index (χ4n) is 4.48. The number of rotatable bonds is 5. The lowest BCUT2D eigenvalue weighted by Gasteiger charge is -2.33. The molecule has 5 heteroatoms. The summed E-state index contributed by atoms with van der Waals surface area (Å²) < 4.78 is 28.4. The molecule has 0 spiro atoms. The smallest absolute Gasteiger partial charge is 0.243 e. The molecule has 0 bridgehead atoms. The predicted molar refractivity (Wildman–Crippen MR) is 106 cm³/mol. The monoisotopic (exact) mass is 379 g/mol. The van der Waals surface area contributed by atoms with Crippen molar-refractivity contribution >= 4 is 10.0 Å². The molecule has 3 rings (SSSR count). The molecule has 1 saturated heterocycles. The lowest BCUT2D eigenvalue weighted by atomic mass is 9.87. The maximum Gasteiger partial charge on any atom is 0.243 e. The zero-order valence-corrected chi connectivity index (χ0v) is 17.6. The predicted octanol–water partition coefficient (Wildman–Crippen LogP) is 3.03. The minimum Gasteiger partial charge on any atom is -0.342 e. The number of benzene rings is 1. The largest absolute Gasteiger partial charge is 0.342 e. The van der Waals surface area contributed by atoms with Crippen molar-refractivity contribution in [3.05, 3.63) is 29.8 Å². The molecule has 2 fully saturated rings. The van der Waals surface area contributed by atoms with Gasteiger partial charge in [-0.15, -0.1) is 0 Å². The van der Waals surface area contributed by atoms with Gasteiger partial charge in [0, 0.05) is 6.54 Å². The zero-order valence-electron chi connectivity index (χ0n) is 16.8. The fourth-order valence-corrected chi connectivity index (χ4v) is 6.33. The highest BCUT2D eigenvalue weighted by atomic mass is 32.2. The first-order valence-corrected chi connectivity index (χ1v) is 11.5. The Hall–Kier alpha value is -0.910. The highest BCUT2D eigenvalue weighted by Crippen LogP contribution is 2.34. The maximum absolute atomic E-state index is 13.3. The van der Waals surface area contributed by atoms with E-state index in [-0.39, 0.29) is 11.0 Å². The zero-order chi connectivity index (χ0) is 19.0. The molecule has 1 saturated carbocycles. The SMILES string of the molecule is CC(C)(C)c1ccc(S(=O)(=O)N2CCCC2(C)C[NH2+]C2CCCC2)cc1. The third-order valence-corrected chi connectivity index (χ3v) is 8.35. The molecule has 146 valence electrons. The summed E-state index contributed by atoms with van der Waals surface area (Å²) in [6.45, 7) is 10.1. The summed E-state index contributed by atoms with van der Waals surface area (Å²) in [6, 6.07) is 8.18. The van der Waals surface area contributed by atoms with E-state index in [1.54, 1.807) is 16.4 Å². The molecule has 1 heterocycles. The summed E-state index contributed by atoms with van der Waals surface area (Å²) in [6.07, 6.45) is 7.10. The first-order valence-electron chi connectivity index (χ1n) is 10.1. The molecule has 1 aromatic rings. The van der Waals surface area contributed by atoms with E-state index >= 15 is 0 Å². The van der Waals surface area contributed by atoms with E-state index in [0.29, 0.717) is 17.5 Å². The number of nitrogens with zero attached hydrogens (tertiary/aromatic N) is 1. The third-order valence-electron chi connectivity index (χ3n) is 6.28. The van der Waals surface area contributed by atoms with Crippen LogP contribution in [-0.4, -0.2) is 37.4 Å². The Morgan fingerprint density at radius 3 is 2.31 bits per heavy atom. The molecular weight excluding hydrogens is 344 g/mol. The topological polar surface area (TPSA) is 54.0 Å². The van der Waals surface area contributed by atoms with Crippen molar-refractivity contribution in [3.63, 3.8) is 0 Å². The first kappa shape index (κ1) is 19.8. The van der Waals surface area contributed by atoms with Crippen LogP contribution in [0.2, 0.25) is 0 Å². The summed E-state index contributed by atoms with van der Waals surface area (Å²) in [5.41, 5.74) is 0.917. The fraction of sp³-hybridized carbons (Fsp3) is 0.714. The Bertz CT molecular complexity index is 715. The van der Waals surface area contributed by atoms with E-state index in [1.165, 1.54) is 25.7 Å². The molecule has 1 aliphatic carbocycles. The summed E-state index contributed by atoms with van der Waals surface area (Å²) in [5, 5.41) is 2.41. The van der Waals surface area contributed by atoms with Crippen molar-refractivity contribution in [2.75, 3.05) is 13.1 Å². The third kappa shape index (κ3) is 4.00. The summed E-state index contributed by atoms with van der Waals surface area (Å²) in [7, 11) is -3.44. The molecule has 0 amide bonds. The van der Waals surface area contributed by atoms with Crippen LogP contribution in [0.15, 0.2) is 29.2 Å². The molecule has 0 radical (unpaired) electrons. The van der Waals surface area contributed by atoms with Crippen LogP contribution in [0.3, 0.4) is 0 Å². The molecule has 4 nitrogen and oxygen atoms in total.